The van der Waals surface area contributed by atoms with Crippen LogP contribution in [0.15, 0.2) is 47.5 Å². The maximum absolute atomic E-state index is 13.5. The summed E-state index contributed by atoms with van der Waals surface area (Å²) >= 11 is 1.67. The maximum atomic E-state index is 13.5. The second kappa shape index (κ2) is 14.5. The van der Waals surface area contributed by atoms with E-state index in [1.54, 1.807) is 32.0 Å². The number of guanidine groups is 1. The van der Waals surface area contributed by atoms with Gasteiger partial charge in [0.15, 0.2) is 5.96 Å². The molecule has 2 rings (SSSR count). The van der Waals surface area contributed by atoms with Crippen LogP contribution in [-0.4, -0.2) is 39.5 Å². The smallest absolute Gasteiger partial charge is 0.191 e. The average molecular weight is 533 g/mol. The third-order valence-electron chi connectivity index (χ3n) is 4.08. The van der Waals surface area contributed by atoms with Crippen LogP contribution in [0.3, 0.4) is 0 Å². The molecular formula is C21H29FIN3O2S. The summed E-state index contributed by atoms with van der Waals surface area (Å²) in [7, 11) is 3.37. The van der Waals surface area contributed by atoms with E-state index in [1.807, 2.05) is 36.6 Å². The Bertz CT molecular complexity index is 777. The molecule has 2 N–H and O–H groups in total. The fraction of sp³-hybridized carbons (Fsp3) is 0.381. The van der Waals surface area contributed by atoms with Crippen molar-refractivity contribution >= 4 is 41.7 Å². The van der Waals surface area contributed by atoms with Gasteiger partial charge in [0, 0.05) is 25.9 Å². The van der Waals surface area contributed by atoms with E-state index in [9.17, 15) is 4.39 Å². The van der Waals surface area contributed by atoms with Crippen LogP contribution in [-0.2, 0) is 23.6 Å². The highest BCUT2D eigenvalue weighted by atomic mass is 127. The van der Waals surface area contributed by atoms with Gasteiger partial charge in [-0.05, 0) is 47.2 Å². The monoisotopic (exact) mass is 533 g/mol. The van der Waals surface area contributed by atoms with Gasteiger partial charge in [-0.3, -0.25) is 4.99 Å². The van der Waals surface area contributed by atoms with Gasteiger partial charge in [0.05, 0.1) is 20.3 Å². The normalized spacial score (nSPS) is 11.0. The number of hydrogen-bond donors (Lipinski definition) is 2. The van der Waals surface area contributed by atoms with Crippen molar-refractivity contribution in [2.45, 2.75) is 18.9 Å². The van der Waals surface area contributed by atoms with E-state index in [2.05, 4.69) is 15.6 Å². The van der Waals surface area contributed by atoms with E-state index < -0.39 is 0 Å². The third-order valence-corrected chi connectivity index (χ3v) is 4.68. The van der Waals surface area contributed by atoms with E-state index in [0.717, 1.165) is 28.2 Å². The fourth-order valence-electron chi connectivity index (χ4n) is 2.65. The topological polar surface area (TPSA) is 54.9 Å². The van der Waals surface area contributed by atoms with Crippen molar-refractivity contribution in [1.82, 2.24) is 10.6 Å². The van der Waals surface area contributed by atoms with Crippen molar-refractivity contribution in [3.63, 3.8) is 0 Å². The minimum absolute atomic E-state index is 0. The summed E-state index contributed by atoms with van der Waals surface area (Å²) in [6.45, 7) is 2.29. The molecule has 0 heterocycles. The quantitative estimate of drug-likeness (QED) is 0.208. The number of rotatable bonds is 10. The minimum atomic E-state index is -0.205. The Morgan fingerprint density at radius 2 is 1.97 bits per heavy atom. The zero-order chi connectivity index (χ0) is 20.2. The fourth-order valence-corrected chi connectivity index (χ4v) is 3.23. The molecule has 29 heavy (non-hydrogen) atoms. The lowest BCUT2D eigenvalue weighted by atomic mass is 10.1. The molecular weight excluding hydrogens is 504 g/mol. The highest BCUT2D eigenvalue weighted by Gasteiger charge is 2.05. The molecule has 0 unspecified atom stereocenters. The molecule has 0 aliphatic carbocycles. The van der Waals surface area contributed by atoms with Gasteiger partial charge in [-0.1, -0.05) is 18.2 Å². The standard InChI is InChI=1S/C21H28FN3O2S.HI/c1-23-21(25-13-17-7-8-19(22)12-18(17)15-28-3)24-9-10-27-14-16-5-4-6-20(11-16)26-2;/h4-8,11-12H,9-10,13-15H2,1-3H3,(H2,23,24,25);1H. The maximum Gasteiger partial charge on any atom is 0.191 e. The van der Waals surface area contributed by atoms with Crippen LogP contribution in [0, 0.1) is 5.82 Å². The lowest BCUT2D eigenvalue weighted by Crippen LogP contribution is -2.38. The molecule has 0 aliphatic heterocycles. The van der Waals surface area contributed by atoms with Crippen molar-refractivity contribution in [2.75, 3.05) is 33.6 Å². The van der Waals surface area contributed by atoms with Gasteiger partial charge in [-0.25, -0.2) is 4.39 Å². The molecule has 2 aromatic carbocycles. The van der Waals surface area contributed by atoms with Crippen molar-refractivity contribution in [3.05, 3.63) is 65.0 Å². The number of hydrogen-bond acceptors (Lipinski definition) is 4. The van der Waals surface area contributed by atoms with Crippen LogP contribution in [0.5, 0.6) is 5.75 Å². The molecule has 2 aromatic rings. The molecule has 0 saturated carbocycles. The number of nitrogens with zero attached hydrogens (tertiary/aromatic N) is 1. The summed E-state index contributed by atoms with van der Waals surface area (Å²) in [5.74, 6) is 2.08. The predicted octanol–water partition coefficient (Wildman–Crippen LogP) is 4.20. The number of benzene rings is 2. The van der Waals surface area contributed by atoms with Crippen molar-refractivity contribution < 1.29 is 13.9 Å². The summed E-state index contributed by atoms with van der Waals surface area (Å²) in [4.78, 5) is 4.22. The van der Waals surface area contributed by atoms with E-state index in [4.69, 9.17) is 9.47 Å². The first-order valence-corrected chi connectivity index (χ1v) is 10.5. The Hall–Kier alpha value is -1.52. The first kappa shape index (κ1) is 25.5. The predicted molar refractivity (Wildman–Crippen MR) is 130 cm³/mol. The number of ether oxygens (including phenoxy) is 2. The zero-order valence-electron chi connectivity index (χ0n) is 17.0. The van der Waals surface area contributed by atoms with E-state index in [0.29, 0.717) is 32.3 Å². The number of nitrogens with one attached hydrogen (secondary N) is 2. The van der Waals surface area contributed by atoms with Gasteiger partial charge in [-0.2, -0.15) is 11.8 Å². The molecule has 8 heteroatoms. The Morgan fingerprint density at radius 3 is 2.69 bits per heavy atom. The third kappa shape index (κ3) is 9.22. The highest BCUT2D eigenvalue weighted by Crippen LogP contribution is 2.16. The molecule has 0 amide bonds. The number of aliphatic imine (C=N–C) groups is 1. The molecule has 5 nitrogen and oxygen atoms in total. The summed E-state index contributed by atoms with van der Waals surface area (Å²) in [5.41, 5.74) is 3.13. The van der Waals surface area contributed by atoms with Crippen LogP contribution < -0.4 is 15.4 Å². The molecule has 0 radical (unpaired) electrons. The van der Waals surface area contributed by atoms with Gasteiger partial charge in [0.2, 0.25) is 0 Å². The van der Waals surface area contributed by atoms with Crippen LogP contribution in [0.25, 0.3) is 0 Å². The van der Waals surface area contributed by atoms with Gasteiger partial charge in [0.1, 0.15) is 11.6 Å². The lowest BCUT2D eigenvalue weighted by molar-refractivity contribution is 0.125. The van der Waals surface area contributed by atoms with Gasteiger partial charge >= 0.3 is 0 Å². The second-order valence-corrected chi connectivity index (χ2v) is 6.97. The van der Waals surface area contributed by atoms with Crippen LogP contribution in [0.4, 0.5) is 4.39 Å². The molecule has 0 spiro atoms. The Kier molecular flexibility index (Phi) is 12.7. The van der Waals surface area contributed by atoms with Crippen LogP contribution in [0.1, 0.15) is 16.7 Å². The molecule has 0 fully saturated rings. The zero-order valence-corrected chi connectivity index (χ0v) is 20.2. The van der Waals surface area contributed by atoms with Crippen molar-refractivity contribution in [2.24, 2.45) is 4.99 Å². The average Bonchev–Trinajstić information content (AvgIpc) is 2.71. The molecule has 0 saturated heterocycles. The SMILES string of the molecule is CN=C(NCCOCc1cccc(OC)c1)NCc1ccc(F)cc1CSC.I. The molecule has 160 valence electrons. The molecule has 0 aromatic heterocycles. The van der Waals surface area contributed by atoms with Gasteiger partial charge < -0.3 is 20.1 Å². The summed E-state index contributed by atoms with van der Waals surface area (Å²) in [5, 5.41) is 6.48. The largest absolute Gasteiger partial charge is 0.497 e. The van der Waals surface area contributed by atoms with E-state index >= 15 is 0 Å². The molecule has 0 atom stereocenters. The second-order valence-electron chi connectivity index (χ2n) is 6.10. The summed E-state index contributed by atoms with van der Waals surface area (Å²) < 4.78 is 24.4. The van der Waals surface area contributed by atoms with Crippen molar-refractivity contribution in [1.29, 1.82) is 0 Å². The molecule has 0 aliphatic rings. The number of halogens is 2. The lowest BCUT2D eigenvalue weighted by Gasteiger charge is -2.14. The van der Waals surface area contributed by atoms with Crippen LogP contribution >= 0.6 is 35.7 Å². The first-order chi connectivity index (χ1) is 13.7. The molecule has 0 bridgehead atoms. The Balaban J connectivity index is 0.00000420. The van der Waals surface area contributed by atoms with Gasteiger partial charge in [-0.15, -0.1) is 24.0 Å². The van der Waals surface area contributed by atoms with Crippen molar-refractivity contribution in [3.8, 4) is 5.75 Å². The Morgan fingerprint density at radius 1 is 1.14 bits per heavy atom. The first-order valence-electron chi connectivity index (χ1n) is 9.07. The Labute approximate surface area is 193 Å². The number of thioether (sulfide) groups is 1. The van der Waals surface area contributed by atoms with E-state index in [-0.39, 0.29) is 29.8 Å². The van der Waals surface area contributed by atoms with Crippen LogP contribution in [0.2, 0.25) is 0 Å². The summed E-state index contributed by atoms with van der Waals surface area (Å²) in [6, 6.07) is 12.7. The summed E-state index contributed by atoms with van der Waals surface area (Å²) in [6.07, 6.45) is 2.01. The minimum Gasteiger partial charge on any atom is -0.497 e. The van der Waals surface area contributed by atoms with Gasteiger partial charge in [0.25, 0.3) is 0 Å². The highest BCUT2D eigenvalue weighted by molar-refractivity contribution is 14.0. The number of methoxy groups -OCH3 is 1. The van der Waals surface area contributed by atoms with E-state index in [1.165, 1.54) is 6.07 Å².